The van der Waals surface area contributed by atoms with Crippen LogP contribution in [-0.2, 0) is 9.53 Å². The van der Waals surface area contributed by atoms with E-state index < -0.39 is 12.1 Å². The van der Waals surface area contributed by atoms with E-state index in [2.05, 4.69) is 13.8 Å². The number of aliphatic hydroxyl groups is 1. The molecule has 0 radical (unpaired) electrons. The Bertz CT molecular complexity index is 736. The molecule has 142 valence electrons. The van der Waals surface area contributed by atoms with Crippen molar-refractivity contribution >= 4 is 5.97 Å². The van der Waals surface area contributed by atoms with Crippen LogP contribution in [0, 0.1) is 11.8 Å². The first-order valence-corrected chi connectivity index (χ1v) is 8.94. The lowest BCUT2D eigenvalue weighted by Gasteiger charge is -2.36. The molecule has 0 saturated carbocycles. The van der Waals surface area contributed by atoms with Gasteiger partial charge in [0.05, 0.1) is 26.4 Å². The molecule has 3 atom stereocenters. The second-order valence-corrected chi connectivity index (χ2v) is 7.00. The van der Waals surface area contributed by atoms with E-state index in [0.717, 1.165) is 5.56 Å². The van der Waals surface area contributed by atoms with Gasteiger partial charge in [0.15, 0.2) is 6.10 Å². The molecule has 1 aromatic carbocycles. The number of carbonyl (C=O) groups is 1. The summed E-state index contributed by atoms with van der Waals surface area (Å²) in [5.74, 6) is 1.70. The van der Waals surface area contributed by atoms with Gasteiger partial charge in [0.25, 0.3) is 0 Å². The lowest BCUT2D eigenvalue weighted by Crippen LogP contribution is -2.37. The number of rotatable bonds is 5. The van der Waals surface area contributed by atoms with Gasteiger partial charge in [-0.15, -0.1) is 0 Å². The summed E-state index contributed by atoms with van der Waals surface area (Å²) in [6.45, 7) is 6.24. The van der Waals surface area contributed by atoms with Crippen LogP contribution in [0.15, 0.2) is 23.5 Å². The molecule has 1 aliphatic carbocycles. The summed E-state index contributed by atoms with van der Waals surface area (Å²) >= 11 is 0. The summed E-state index contributed by atoms with van der Waals surface area (Å²) in [5.41, 5.74) is 1.23. The molecular formula is C20H26O6. The minimum Gasteiger partial charge on any atom is -0.508 e. The summed E-state index contributed by atoms with van der Waals surface area (Å²) in [4.78, 5) is 12.3. The zero-order valence-electron chi connectivity index (χ0n) is 15.9. The molecule has 6 nitrogen and oxygen atoms in total. The number of methoxy groups -OCH3 is 2. The molecule has 0 fully saturated rings. The van der Waals surface area contributed by atoms with Crippen LogP contribution in [0.4, 0.5) is 0 Å². The number of benzene rings is 1. The minimum atomic E-state index is -0.619. The highest BCUT2D eigenvalue weighted by Crippen LogP contribution is 2.55. The zero-order chi connectivity index (χ0) is 19.0. The Morgan fingerprint density at radius 1 is 1.31 bits per heavy atom. The van der Waals surface area contributed by atoms with E-state index in [1.54, 1.807) is 27.2 Å². The molecule has 1 aromatic rings. The Kier molecular flexibility index (Phi) is 5.03. The van der Waals surface area contributed by atoms with Gasteiger partial charge < -0.3 is 24.1 Å². The average Bonchev–Trinajstić information content (AvgIpc) is 3.01. The van der Waals surface area contributed by atoms with E-state index in [0.29, 0.717) is 29.2 Å². The van der Waals surface area contributed by atoms with Gasteiger partial charge in [-0.1, -0.05) is 13.8 Å². The minimum absolute atomic E-state index is 0.0393. The van der Waals surface area contributed by atoms with Crippen LogP contribution in [-0.4, -0.2) is 38.0 Å². The van der Waals surface area contributed by atoms with E-state index in [1.807, 2.05) is 6.07 Å². The van der Waals surface area contributed by atoms with Crippen molar-refractivity contribution in [2.75, 3.05) is 20.8 Å². The van der Waals surface area contributed by atoms with Crippen LogP contribution in [0.2, 0.25) is 0 Å². The van der Waals surface area contributed by atoms with Crippen molar-refractivity contribution in [1.29, 1.82) is 0 Å². The van der Waals surface area contributed by atoms with E-state index in [4.69, 9.17) is 18.9 Å². The number of fused-ring (bicyclic) bond motifs is 3. The summed E-state index contributed by atoms with van der Waals surface area (Å²) in [7, 11) is 3.19. The second kappa shape index (κ2) is 7.09. The molecule has 1 heterocycles. The predicted molar refractivity (Wildman–Crippen MR) is 95.9 cm³/mol. The van der Waals surface area contributed by atoms with Crippen molar-refractivity contribution in [3.8, 4) is 17.2 Å². The Morgan fingerprint density at radius 2 is 2.04 bits per heavy atom. The van der Waals surface area contributed by atoms with Crippen molar-refractivity contribution in [2.24, 2.45) is 11.8 Å². The van der Waals surface area contributed by atoms with Gasteiger partial charge in [-0.25, -0.2) is 4.79 Å². The first-order valence-electron chi connectivity index (χ1n) is 8.94. The fourth-order valence-corrected chi connectivity index (χ4v) is 4.01. The Labute approximate surface area is 153 Å². The van der Waals surface area contributed by atoms with Gasteiger partial charge in [0.2, 0.25) is 0 Å². The van der Waals surface area contributed by atoms with Crippen molar-refractivity contribution < 1.29 is 28.8 Å². The molecular weight excluding hydrogens is 336 g/mol. The molecule has 3 rings (SSSR count). The Morgan fingerprint density at radius 3 is 2.62 bits per heavy atom. The summed E-state index contributed by atoms with van der Waals surface area (Å²) in [6, 6.07) is 3.62. The topological polar surface area (TPSA) is 74.2 Å². The van der Waals surface area contributed by atoms with E-state index in [9.17, 15) is 9.90 Å². The van der Waals surface area contributed by atoms with E-state index in [-0.39, 0.29) is 30.1 Å². The summed E-state index contributed by atoms with van der Waals surface area (Å²) in [5, 5.41) is 10.8. The lowest BCUT2D eigenvalue weighted by atomic mass is 9.69. The second-order valence-electron chi connectivity index (χ2n) is 7.00. The SMILES string of the molecule is CCOC(=O)C1=C(O)[C@@H]2Oc3cc(OC)cc(OC)c3[C@@H]2[C@@H](C(C)C)C1. The molecule has 0 amide bonds. The van der Waals surface area contributed by atoms with E-state index >= 15 is 0 Å². The third-order valence-electron chi connectivity index (χ3n) is 5.30. The van der Waals surface area contributed by atoms with Gasteiger partial charge in [-0.3, -0.25) is 0 Å². The predicted octanol–water partition coefficient (Wildman–Crippen LogP) is 3.60. The number of ether oxygens (including phenoxy) is 4. The number of hydrogen-bond donors (Lipinski definition) is 1. The van der Waals surface area contributed by atoms with Crippen molar-refractivity contribution in [1.82, 2.24) is 0 Å². The smallest absolute Gasteiger partial charge is 0.337 e. The summed E-state index contributed by atoms with van der Waals surface area (Å²) < 4.78 is 22.1. The monoisotopic (exact) mass is 362 g/mol. The van der Waals surface area contributed by atoms with Crippen molar-refractivity contribution in [3.63, 3.8) is 0 Å². The maximum absolute atomic E-state index is 12.3. The van der Waals surface area contributed by atoms with Crippen LogP contribution >= 0.6 is 0 Å². The van der Waals surface area contributed by atoms with Crippen LogP contribution in [0.5, 0.6) is 17.2 Å². The number of aliphatic hydroxyl groups excluding tert-OH is 1. The normalized spacial score (nSPS) is 24.0. The van der Waals surface area contributed by atoms with Gasteiger partial charge >= 0.3 is 5.97 Å². The largest absolute Gasteiger partial charge is 0.508 e. The highest BCUT2D eigenvalue weighted by Gasteiger charge is 2.50. The molecule has 0 saturated heterocycles. The van der Waals surface area contributed by atoms with Crippen LogP contribution in [0.3, 0.4) is 0 Å². The number of hydrogen-bond acceptors (Lipinski definition) is 6. The third-order valence-corrected chi connectivity index (χ3v) is 5.30. The van der Waals surface area contributed by atoms with Crippen LogP contribution in [0.25, 0.3) is 0 Å². The molecule has 0 bridgehead atoms. The van der Waals surface area contributed by atoms with E-state index in [1.165, 1.54) is 0 Å². The number of carbonyl (C=O) groups excluding carboxylic acids is 1. The van der Waals surface area contributed by atoms with Crippen molar-refractivity contribution in [2.45, 2.75) is 39.2 Å². The molecule has 0 spiro atoms. The Balaban J connectivity index is 2.12. The maximum atomic E-state index is 12.3. The van der Waals surface area contributed by atoms with Crippen LogP contribution in [0.1, 0.15) is 38.7 Å². The molecule has 0 aromatic heterocycles. The standard InChI is InChI=1S/C20H26O6/c1-6-25-20(22)13-9-12(10(2)3)16-17-14(24-5)7-11(23-4)8-15(17)26-19(16)18(13)21/h7-8,10,12,16,19,21H,6,9H2,1-5H3/t12-,16+,19-/m1/s1. The quantitative estimate of drug-likeness (QED) is 0.807. The lowest BCUT2D eigenvalue weighted by molar-refractivity contribution is -0.139. The third kappa shape index (κ3) is 2.87. The average molecular weight is 362 g/mol. The molecule has 0 unspecified atom stereocenters. The van der Waals surface area contributed by atoms with Gasteiger partial charge in [-0.2, -0.15) is 0 Å². The molecule has 26 heavy (non-hydrogen) atoms. The molecule has 6 heteroatoms. The first kappa shape index (κ1) is 18.4. The van der Waals surface area contributed by atoms with Gasteiger partial charge in [-0.05, 0) is 25.2 Å². The highest BCUT2D eigenvalue weighted by atomic mass is 16.5. The number of esters is 1. The van der Waals surface area contributed by atoms with Gasteiger partial charge in [0, 0.05) is 23.6 Å². The van der Waals surface area contributed by atoms with Gasteiger partial charge in [0.1, 0.15) is 23.0 Å². The summed E-state index contributed by atoms with van der Waals surface area (Å²) in [6.07, 6.45) is -0.173. The van der Waals surface area contributed by atoms with Crippen molar-refractivity contribution in [3.05, 3.63) is 29.0 Å². The Hall–Kier alpha value is -2.37. The maximum Gasteiger partial charge on any atom is 0.337 e. The molecule has 1 aliphatic heterocycles. The first-order chi connectivity index (χ1) is 12.4. The molecule has 1 N–H and O–H groups in total. The fourth-order valence-electron chi connectivity index (χ4n) is 4.01. The highest BCUT2D eigenvalue weighted by molar-refractivity contribution is 5.89. The van der Waals surface area contributed by atoms with Crippen LogP contribution < -0.4 is 14.2 Å². The fraction of sp³-hybridized carbons (Fsp3) is 0.550. The molecule has 2 aliphatic rings. The zero-order valence-corrected chi connectivity index (χ0v) is 15.9.